The van der Waals surface area contributed by atoms with E-state index in [0.717, 1.165) is 61.4 Å². The molecule has 0 unspecified atom stereocenters. The number of para-hydroxylation sites is 1. The highest BCUT2D eigenvalue weighted by Gasteiger charge is 2.28. The lowest BCUT2D eigenvalue weighted by molar-refractivity contribution is -0.137. The first-order chi connectivity index (χ1) is 15.2. The summed E-state index contributed by atoms with van der Waals surface area (Å²) in [5.41, 5.74) is 2.24. The Balaban J connectivity index is 1.14. The minimum atomic E-state index is 0.152. The van der Waals surface area contributed by atoms with Crippen molar-refractivity contribution in [3.05, 3.63) is 54.1 Å². The van der Waals surface area contributed by atoms with Gasteiger partial charge in [-0.1, -0.05) is 35.6 Å². The molecule has 2 aliphatic rings. The number of piperidine rings is 1. The molecule has 0 aliphatic carbocycles. The van der Waals surface area contributed by atoms with Crippen LogP contribution in [0.25, 0.3) is 10.2 Å². The number of carbonyl (C=O) groups is 1. The monoisotopic (exact) mass is 437 g/mol. The fourth-order valence-corrected chi connectivity index (χ4v) is 5.23. The van der Waals surface area contributed by atoms with E-state index in [-0.39, 0.29) is 12.5 Å². The topological polar surface area (TPSA) is 54.9 Å². The second kappa shape index (κ2) is 9.34. The molecule has 2 aromatic carbocycles. The Morgan fingerprint density at radius 3 is 2.68 bits per heavy atom. The number of fused-ring (bicyclic) bond motifs is 1. The third-order valence-electron chi connectivity index (χ3n) is 6.04. The predicted molar refractivity (Wildman–Crippen MR) is 122 cm³/mol. The summed E-state index contributed by atoms with van der Waals surface area (Å²) in [5.74, 6) is 0.961. The van der Waals surface area contributed by atoms with Gasteiger partial charge in [-0.25, -0.2) is 4.98 Å². The summed E-state index contributed by atoms with van der Waals surface area (Å²) in [6.07, 6.45) is 3.01. The zero-order valence-corrected chi connectivity index (χ0v) is 18.4. The highest BCUT2D eigenvalue weighted by atomic mass is 32.1. The van der Waals surface area contributed by atoms with Crippen LogP contribution in [0.4, 0.5) is 0 Å². The molecule has 31 heavy (non-hydrogen) atoms. The van der Waals surface area contributed by atoms with E-state index in [1.54, 1.807) is 11.3 Å². The van der Waals surface area contributed by atoms with Crippen LogP contribution in [0.5, 0.6) is 10.9 Å². The number of carbonyl (C=O) groups excluding carboxylic acids is 1. The quantitative estimate of drug-likeness (QED) is 0.596. The number of thiazole rings is 1. The molecule has 3 aromatic rings. The highest BCUT2D eigenvalue weighted by Crippen LogP contribution is 2.31. The molecule has 1 aromatic heterocycles. The fraction of sp³-hybridized carbons (Fsp3) is 0.417. The molecular formula is C24H27N3O3S. The Morgan fingerprint density at radius 2 is 1.87 bits per heavy atom. The number of rotatable bonds is 5. The van der Waals surface area contributed by atoms with Crippen LogP contribution in [0.2, 0.25) is 0 Å². The molecule has 0 atom stereocenters. The zero-order valence-electron chi connectivity index (χ0n) is 17.5. The Bertz CT molecular complexity index is 995. The van der Waals surface area contributed by atoms with Crippen LogP contribution in [0.3, 0.4) is 0 Å². The number of benzene rings is 2. The van der Waals surface area contributed by atoms with Gasteiger partial charge in [-0.15, -0.1) is 0 Å². The Morgan fingerprint density at radius 1 is 1.06 bits per heavy atom. The second-order valence-corrected chi connectivity index (χ2v) is 9.19. The molecule has 2 saturated heterocycles. The first-order valence-corrected chi connectivity index (χ1v) is 11.8. The molecule has 6 nitrogen and oxygen atoms in total. The van der Waals surface area contributed by atoms with Gasteiger partial charge < -0.3 is 14.4 Å². The average molecular weight is 438 g/mol. The van der Waals surface area contributed by atoms with E-state index >= 15 is 0 Å². The third-order valence-corrected chi connectivity index (χ3v) is 6.95. The maximum absolute atomic E-state index is 12.3. The lowest BCUT2D eigenvalue weighted by Crippen LogP contribution is -2.47. The van der Waals surface area contributed by atoms with E-state index in [1.807, 2.05) is 30.3 Å². The first kappa shape index (κ1) is 20.4. The van der Waals surface area contributed by atoms with Crippen molar-refractivity contribution in [2.24, 2.45) is 0 Å². The maximum Gasteiger partial charge on any atom is 0.279 e. The molecule has 0 saturated carbocycles. The minimum Gasteiger partial charge on any atom is -0.431 e. The van der Waals surface area contributed by atoms with Gasteiger partial charge in [0.15, 0.2) is 0 Å². The number of hydrogen-bond donors (Lipinski definition) is 0. The van der Waals surface area contributed by atoms with Crippen molar-refractivity contribution in [1.29, 1.82) is 0 Å². The molecule has 0 bridgehead atoms. The normalized spacial score (nSPS) is 19.0. The first-order valence-electron chi connectivity index (χ1n) is 11.0. The van der Waals surface area contributed by atoms with Crippen molar-refractivity contribution in [1.82, 2.24) is 14.8 Å². The molecule has 7 heteroatoms. The van der Waals surface area contributed by atoms with Crippen LogP contribution < -0.4 is 4.74 Å². The molecule has 162 valence electrons. The van der Waals surface area contributed by atoms with Crippen LogP contribution in [0.15, 0.2) is 48.5 Å². The summed E-state index contributed by atoms with van der Waals surface area (Å²) in [7, 11) is 0. The number of likely N-dealkylation sites (tertiary alicyclic amines) is 1. The lowest BCUT2D eigenvalue weighted by atomic mass is 10.0. The standard InChI is InChI=1S/C24H27N3O3S/c28-23-17-29-15-3-12-27(23)19-10-13-26(14-11-19)16-18-6-8-20(9-7-18)30-24-25-21-4-1-2-5-22(21)31-24/h1-2,4-9,19H,3,10-17H2. The van der Waals surface area contributed by atoms with Gasteiger partial charge in [0, 0.05) is 38.8 Å². The number of ether oxygens (including phenoxy) is 2. The number of hydrogen-bond acceptors (Lipinski definition) is 6. The lowest BCUT2D eigenvalue weighted by Gasteiger charge is -2.38. The summed E-state index contributed by atoms with van der Waals surface area (Å²) in [6.45, 7) is 4.72. The molecule has 1 amide bonds. The number of aromatic nitrogens is 1. The van der Waals surface area contributed by atoms with Crippen LogP contribution in [-0.2, 0) is 16.1 Å². The second-order valence-electron chi connectivity index (χ2n) is 8.19. The van der Waals surface area contributed by atoms with Gasteiger partial charge in [0.05, 0.1) is 10.2 Å². The minimum absolute atomic E-state index is 0.152. The zero-order chi connectivity index (χ0) is 21.0. The van der Waals surface area contributed by atoms with E-state index < -0.39 is 0 Å². The van der Waals surface area contributed by atoms with Crippen molar-refractivity contribution in [3.63, 3.8) is 0 Å². The van der Waals surface area contributed by atoms with Crippen LogP contribution in [-0.4, -0.2) is 59.6 Å². The van der Waals surface area contributed by atoms with Gasteiger partial charge in [-0.3, -0.25) is 9.69 Å². The molecule has 3 heterocycles. The molecule has 5 rings (SSSR count). The van der Waals surface area contributed by atoms with Gasteiger partial charge in [-0.2, -0.15) is 0 Å². The molecule has 2 fully saturated rings. The Labute approximate surface area is 186 Å². The summed E-state index contributed by atoms with van der Waals surface area (Å²) < 4.78 is 12.5. The van der Waals surface area contributed by atoms with E-state index in [0.29, 0.717) is 17.8 Å². The predicted octanol–water partition coefficient (Wildman–Crippen LogP) is 4.30. The van der Waals surface area contributed by atoms with Crippen LogP contribution in [0, 0.1) is 0 Å². The highest BCUT2D eigenvalue weighted by molar-refractivity contribution is 7.20. The molecule has 2 aliphatic heterocycles. The van der Waals surface area contributed by atoms with Gasteiger partial charge in [0.1, 0.15) is 12.4 Å². The summed E-state index contributed by atoms with van der Waals surface area (Å²) in [4.78, 5) is 21.3. The SMILES string of the molecule is O=C1COCCCN1C1CCN(Cc2ccc(Oc3nc4ccccc4s3)cc2)CC1. The molecule has 0 radical (unpaired) electrons. The van der Waals surface area contributed by atoms with E-state index in [4.69, 9.17) is 9.47 Å². The average Bonchev–Trinajstić information content (AvgIpc) is 3.08. The van der Waals surface area contributed by atoms with E-state index in [2.05, 4.69) is 33.0 Å². The van der Waals surface area contributed by atoms with E-state index in [1.165, 1.54) is 5.56 Å². The third kappa shape index (κ3) is 4.89. The number of nitrogens with zero attached hydrogens (tertiary/aromatic N) is 3. The fourth-order valence-electron chi connectivity index (χ4n) is 4.40. The van der Waals surface area contributed by atoms with Crippen molar-refractivity contribution in [2.75, 3.05) is 32.8 Å². The van der Waals surface area contributed by atoms with Crippen LogP contribution >= 0.6 is 11.3 Å². The molecule has 0 N–H and O–H groups in total. The Hall–Kier alpha value is -2.48. The summed E-state index contributed by atoms with van der Waals surface area (Å²) in [6, 6.07) is 16.7. The van der Waals surface area contributed by atoms with E-state index in [9.17, 15) is 4.79 Å². The number of amides is 1. The summed E-state index contributed by atoms with van der Waals surface area (Å²) in [5, 5.41) is 0.671. The van der Waals surface area contributed by atoms with Crippen molar-refractivity contribution < 1.29 is 14.3 Å². The summed E-state index contributed by atoms with van der Waals surface area (Å²) >= 11 is 1.56. The Kier molecular flexibility index (Phi) is 6.15. The molecule has 0 spiro atoms. The van der Waals surface area contributed by atoms with Crippen molar-refractivity contribution in [3.8, 4) is 10.9 Å². The van der Waals surface area contributed by atoms with Gasteiger partial charge in [-0.05, 0) is 49.1 Å². The van der Waals surface area contributed by atoms with Crippen molar-refractivity contribution >= 4 is 27.5 Å². The van der Waals surface area contributed by atoms with Gasteiger partial charge in [0.2, 0.25) is 5.91 Å². The largest absolute Gasteiger partial charge is 0.431 e. The van der Waals surface area contributed by atoms with Crippen molar-refractivity contribution in [2.45, 2.75) is 31.8 Å². The smallest absolute Gasteiger partial charge is 0.279 e. The molecular weight excluding hydrogens is 410 g/mol. The van der Waals surface area contributed by atoms with Gasteiger partial charge >= 0.3 is 0 Å². The van der Waals surface area contributed by atoms with Crippen LogP contribution in [0.1, 0.15) is 24.8 Å². The maximum atomic E-state index is 12.3. The van der Waals surface area contributed by atoms with Gasteiger partial charge in [0.25, 0.3) is 5.19 Å².